The number of allylic oxidation sites excluding steroid dienone is 1. The lowest BCUT2D eigenvalue weighted by Crippen LogP contribution is -2.29. The van der Waals surface area contributed by atoms with Crippen LogP contribution in [0.3, 0.4) is 0 Å². The molecule has 2 rings (SSSR count). The summed E-state index contributed by atoms with van der Waals surface area (Å²) in [6.45, 7) is 0. The average molecular weight is 269 g/mol. The van der Waals surface area contributed by atoms with E-state index >= 15 is 0 Å². The Labute approximate surface area is 111 Å². The van der Waals surface area contributed by atoms with Crippen LogP contribution in [-0.4, -0.2) is 13.1 Å². The lowest BCUT2D eigenvalue weighted by Gasteiger charge is -2.18. The Morgan fingerprint density at radius 2 is 1.89 bits per heavy atom. The van der Waals surface area contributed by atoms with E-state index in [9.17, 15) is 13.2 Å². The summed E-state index contributed by atoms with van der Waals surface area (Å²) in [6.07, 6.45) is 2.10. The van der Waals surface area contributed by atoms with Crippen molar-refractivity contribution in [1.29, 1.82) is 0 Å². The Balaban J connectivity index is 2.06. The maximum absolute atomic E-state index is 12.5. The van der Waals surface area contributed by atoms with E-state index in [4.69, 9.17) is 0 Å². The van der Waals surface area contributed by atoms with Crippen LogP contribution in [-0.2, 0) is 12.6 Å². The van der Waals surface area contributed by atoms with Crippen LogP contribution >= 0.6 is 0 Å². The van der Waals surface area contributed by atoms with E-state index in [0.717, 1.165) is 37.0 Å². The fourth-order valence-electron chi connectivity index (χ4n) is 2.50. The average Bonchev–Trinajstić information content (AvgIpc) is 2.89. The predicted octanol–water partition coefficient (Wildman–Crippen LogP) is 3.95. The highest BCUT2D eigenvalue weighted by molar-refractivity contribution is 5.27. The summed E-state index contributed by atoms with van der Waals surface area (Å²) in [5, 5.41) is 3.25. The molecule has 4 heteroatoms. The molecule has 1 aliphatic rings. The number of rotatable bonds is 4. The number of alkyl halides is 3. The van der Waals surface area contributed by atoms with Gasteiger partial charge < -0.3 is 5.32 Å². The largest absolute Gasteiger partial charge is 0.416 e. The van der Waals surface area contributed by atoms with E-state index in [2.05, 4.69) is 11.4 Å². The van der Waals surface area contributed by atoms with Crippen molar-refractivity contribution in [2.45, 2.75) is 37.9 Å². The number of halogens is 3. The van der Waals surface area contributed by atoms with Crippen LogP contribution in [0.15, 0.2) is 35.9 Å². The summed E-state index contributed by atoms with van der Waals surface area (Å²) >= 11 is 0. The molecule has 1 N–H and O–H groups in total. The normalized spacial score (nSPS) is 17.4. The summed E-state index contributed by atoms with van der Waals surface area (Å²) in [6, 6.07) is 5.70. The Hall–Kier alpha value is -1.29. The van der Waals surface area contributed by atoms with Gasteiger partial charge in [-0.15, -0.1) is 0 Å². The molecule has 1 nitrogen and oxygen atoms in total. The molecule has 0 saturated carbocycles. The van der Waals surface area contributed by atoms with E-state index in [1.54, 1.807) is 12.1 Å². The molecule has 0 radical (unpaired) electrons. The molecule has 1 unspecified atom stereocenters. The fourth-order valence-corrected chi connectivity index (χ4v) is 2.50. The van der Waals surface area contributed by atoms with Crippen LogP contribution in [0.1, 0.15) is 30.4 Å². The number of hydrogen-bond donors (Lipinski definition) is 1. The van der Waals surface area contributed by atoms with E-state index in [1.165, 1.54) is 12.0 Å². The van der Waals surface area contributed by atoms with Crippen molar-refractivity contribution in [3.8, 4) is 0 Å². The SMILES string of the molecule is CNC(Cc1ccc(C(F)(F)F)cc1)C1=CCCC1. The van der Waals surface area contributed by atoms with Crippen molar-refractivity contribution < 1.29 is 13.2 Å². The topological polar surface area (TPSA) is 12.0 Å². The first-order chi connectivity index (χ1) is 9.00. The van der Waals surface area contributed by atoms with E-state index < -0.39 is 11.7 Å². The predicted molar refractivity (Wildman–Crippen MR) is 69.9 cm³/mol. The molecule has 0 aromatic heterocycles. The van der Waals surface area contributed by atoms with E-state index in [1.807, 2.05) is 7.05 Å². The highest BCUT2D eigenvalue weighted by Crippen LogP contribution is 2.29. The molecular formula is C15H18F3N. The Morgan fingerprint density at radius 3 is 2.37 bits per heavy atom. The third kappa shape index (κ3) is 3.60. The molecular weight excluding hydrogens is 251 g/mol. The van der Waals surface area contributed by atoms with Crippen molar-refractivity contribution >= 4 is 0 Å². The molecule has 0 aliphatic heterocycles. The van der Waals surface area contributed by atoms with Gasteiger partial charge in [0.05, 0.1) is 5.56 Å². The quantitative estimate of drug-likeness (QED) is 0.816. The third-order valence-corrected chi connectivity index (χ3v) is 3.59. The highest BCUT2D eigenvalue weighted by Gasteiger charge is 2.30. The zero-order valence-corrected chi connectivity index (χ0v) is 10.9. The molecule has 19 heavy (non-hydrogen) atoms. The van der Waals surface area contributed by atoms with Gasteiger partial charge in [0.25, 0.3) is 0 Å². The maximum Gasteiger partial charge on any atom is 0.416 e. The summed E-state index contributed by atoms with van der Waals surface area (Å²) in [4.78, 5) is 0. The lowest BCUT2D eigenvalue weighted by atomic mass is 9.98. The second kappa shape index (κ2) is 5.78. The summed E-state index contributed by atoms with van der Waals surface area (Å²) in [5.41, 5.74) is 1.72. The minimum Gasteiger partial charge on any atom is -0.313 e. The number of nitrogens with one attached hydrogen (secondary N) is 1. The first-order valence-electron chi connectivity index (χ1n) is 6.53. The minimum atomic E-state index is -4.26. The fraction of sp³-hybridized carbons (Fsp3) is 0.467. The molecule has 1 aliphatic carbocycles. The van der Waals surface area contributed by atoms with Crippen molar-refractivity contribution in [2.75, 3.05) is 7.05 Å². The van der Waals surface area contributed by atoms with Gasteiger partial charge in [0.1, 0.15) is 0 Å². The summed E-state index contributed by atoms with van der Waals surface area (Å²) in [5.74, 6) is 0. The first-order valence-corrected chi connectivity index (χ1v) is 6.53. The zero-order valence-electron chi connectivity index (χ0n) is 10.9. The Kier molecular flexibility index (Phi) is 4.30. The monoisotopic (exact) mass is 269 g/mol. The van der Waals surface area contributed by atoms with Crippen LogP contribution in [0.25, 0.3) is 0 Å². The van der Waals surface area contributed by atoms with Gasteiger partial charge in [-0.05, 0) is 50.4 Å². The van der Waals surface area contributed by atoms with Crippen molar-refractivity contribution in [3.63, 3.8) is 0 Å². The molecule has 0 spiro atoms. The van der Waals surface area contributed by atoms with Gasteiger partial charge in [0, 0.05) is 6.04 Å². The van der Waals surface area contributed by atoms with Crippen molar-refractivity contribution in [3.05, 3.63) is 47.0 Å². The van der Waals surface area contributed by atoms with Crippen LogP contribution in [0.2, 0.25) is 0 Å². The second-order valence-corrected chi connectivity index (χ2v) is 4.91. The van der Waals surface area contributed by atoms with Crippen LogP contribution in [0.5, 0.6) is 0 Å². The molecule has 1 atom stereocenters. The van der Waals surface area contributed by atoms with Crippen LogP contribution in [0.4, 0.5) is 13.2 Å². The van der Waals surface area contributed by atoms with Gasteiger partial charge in [0.15, 0.2) is 0 Å². The third-order valence-electron chi connectivity index (χ3n) is 3.59. The highest BCUT2D eigenvalue weighted by atomic mass is 19.4. The zero-order chi connectivity index (χ0) is 13.9. The van der Waals surface area contributed by atoms with Gasteiger partial charge in [0.2, 0.25) is 0 Å². The Bertz CT molecular complexity index is 445. The first kappa shape index (κ1) is 14.1. The molecule has 1 aromatic rings. The molecule has 0 heterocycles. The van der Waals surface area contributed by atoms with Crippen molar-refractivity contribution in [1.82, 2.24) is 5.32 Å². The standard InChI is InChI=1S/C15H18F3N/c1-19-14(12-4-2-3-5-12)10-11-6-8-13(9-7-11)15(16,17)18/h4,6-9,14,19H,2-3,5,10H2,1H3. The number of likely N-dealkylation sites (N-methyl/N-ethyl adjacent to an activating group) is 1. The van der Waals surface area contributed by atoms with Gasteiger partial charge in [-0.1, -0.05) is 23.8 Å². The molecule has 1 aromatic carbocycles. The van der Waals surface area contributed by atoms with Crippen LogP contribution in [0, 0.1) is 0 Å². The van der Waals surface area contributed by atoms with Gasteiger partial charge >= 0.3 is 6.18 Å². The molecule has 0 bridgehead atoms. The minimum absolute atomic E-state index is 0.235. The molecule has 104 valence electrons. The van der Waals surface area contributed by atoms with Gasteiger partial charge in [-0.25, -0.2) is 0 Å². The molecule has 0 fully saturated rings. The smallest absolute Gasteiger partial charge is 0.313 e. The molecule has 0 amide bonds. The van der Waals surface area contributed by atoms with E-state index in [-0.39, 0.29) is 6.04 Å². The van der Waals surface area contributed by atoms with Gasteiger partial charge in [-0.2, -0.15) is 13.2 Å². The Morgan fingerprint density at radius 1 is 1.21 bits per heavy atom. The van der Waals surface area contributed by atoms with Crippen molar-refractivity contribution in [2.24, 2.45) is 0 Å². The summed E-state index contributed by atoms with van der Waals surface area (Å²) < 4.78 is 37.4. The summed E-state index contributed by atoms with van der Waals surface area (Å²) in [7, 11) is 1.90. The second-order valence-electron chi connectivity index (χ2n) is 4.91. The molecule has 0 saturated heterocycles. The van der Waals surface area contributed by atoms with E-state index in [0.29, 0.717) is 0 Å². The maximum atomic E-state index is 12.5. The lowest BCUT2D eigenvalue weighted by molar-refractivity contribution is -0.137. The van der Waals surface area contributed by atoms with Gasteiger partial charge in [-0.3, -0.25) is 0 Å². The van der Waals surface area contributed by atoms with Crippen LogP contribution < -0.4 is 5.32 Å². The number of benzene rings is 1. The number of hydrogen-bond acceptors (Lipinski definition) is 1.